The zero-order valence-corrected chi connectivity index (χ0v) is 14.3. The van der Waals surface area contributed by atoms with Crippen molar-refractivity contribution in [3.63, 3.8) is 0 Å². The first-order chi connectivity index (χ1) is 10.2. The highest BCUT2D eigenvalue weighted by Gasteiger charge is 2.36. The Kier molecular flexibility index (Phi) is 4.65. The number of nitrogens with zero attached hydrogens (tertiary/aromatic N) is 2. The van der Waals surface area contributed by atoms with Crippen LogP contribution in [0.4, 0.5) is 0 Å². The van der Waals surface area contributed by atoms with Crippen molar-refractivity contribution in [2.24, 2.45) is 0 Å². The molecule has 0 bridgehead atoms. The fourth-order valence-electron chi connectivity index (χ4n) is 4.12. The Morgan fingerprint density at radius 2 is 1.90 bits per heavy atom. The fraction of sp³-hybridized carbons (Fsp3) is 0.824. The molecule has 3 nitrogen and oxygen atoms in total. The molecular formula is C17H29N3S. The highest BCUT2D eigenvalue weighted by atomic mass is 32.2. The average Bonchev–Trinajstić information content (AvgIpc) is 2.98. The molecular weight excluding hydrogens is 278 g/mol. The van der Waals surface area contributed by atoms with Crippen LogP contribution in [-0.4, -0.2) is 33.6 Å². The maximum Gasteiger partial charge on any atom is 0.0948 e. The lowest BCUT2D eigenvalue weighted by Gasteiger charge is -2.39. The monoisotopic (exact) mass is 307 g/mol. The van der Waals surface area contributed by atoms with E-state index in [0.717, 1.165) is 19.6 Å². The van der Waals surface area contributed by atoms with Crippen LogP contribution in [0.25, 0.3) is 0 Å². The summed E-state index contributed by atoms with van der Waals surface area (Å²) in [6, 6.07) is 0. The molecule has 21 heavy (non-hydrogen) atoms. The predicted molar refractivity (Wildman–Crippen MR) is 91.0 cm³/mol. The van der Waals surface area contributed by atoms with Crippen molar-refractivity contribution in [1.82, 2.24) is 14.9 Å². The summed E-state index contributed by atoms with van der Waals surface area (Å²) in [5.74, 6) is 0. The number of piperidine rings is 1. The Morgan fingerprint density at radius 3 is 2.57 bits per heavy atom. The molecule has 0 atom stereocenters. The zero-order valence-electron chi connectivity index (χ0n) is 13.5. The van der Waals surface area contributed by atoms with E-state index in [0.29, 0.717) is 10.2 Å². The van der Waals surface area contributed by atoms with Crippen LogP contribution in [0.5, 0.6) is 0 Å². The Labute approximate surface area is 133 Å². The standard InChI is InChI=1S/C17H29N3S/c1-16(8-10-18-11-9-16)15-12-19-14-20(15)13-17(21-2)6-4-3-5-7-17/h12,14,18H,3-11,13H2,1-2H3. The van der Waals surface area contributed by atoms with Crippen molar-refractivity contribution >= 4 is 11.8 Å². The molecule has 0 amide bonds. The fourth-order valence-corrected chi connectivity index (χ4v) is 5.08. The predicted octanol–water partition coefficient (Wildman–Crippen LogP) is 3.59. The summed E-state index contributed by atoms with van der Waals surface area (Å²) in [6.45, 7) is 5.84. The highest BCUT2D eigenvalue weighted by molar-refractivity contribution is 8.00. The van der Waals surface area contributed by atoms with Crippen LogP contribution in [0.2, 0.25) is 0 Å². The number of rotatable bonds is 4. The molecule has 1 saturated heterocycles. The zero-order chi connectivity index (χ0) is 14.8. The summed E-state index contributed by atoms with van der Waals surface area (Å²) in [5, 5.41) is 3.49. The molecule has 2 fully saturated rings. The van der Waals surface area contributed by atoms with Crippen molar-refractivity contribution < 1.29 is 0 Å². The number of aromatic nitrogens is 2. The van der Waals surface area contributed by atoms with E-state index >= 15 is 0 Å². The van der Waals surface area contributed by atoms with E-state index in [1.807, 2.05) is 0 Å². The third kappa shape index (κ3) is 3.16. The molecule has 1 N–H and O–H groups in total. The minimum Gasteiger partial charge on any atom is -0.333 e. The van der Waals surface area contributed by atoms with Gasteiger partial charge in [-0.25, -0.2) is 4.98 Å². The van der Waals surface area contributed by atoms with Gasteiger partial charge in [-0.05, 0) is 45.0 Å². The van der Waals surface area contributed by atoms with Gasteiger partial charge >= 0.3 is 0 Å². The number of nitrogens with one attached hydrogen (secondary N) is 1. The van der Waals surface area contributed by atoms with Gasteiger partial charge in [-0.15, -0.1) is 0 Å². The van der Waals surface area contributed by atoms with Gasteiger partial charge in [-0.3, -0.25) is 0 Å². The number of hydrogen-bond acceptors (Lipinski definition) is 3. The number of imidazole rings is 1. The molecule has 1 aromatic heterocycles. The second kappa shape index (κ2) is 6.33. The lowest BCUT2D eigenvalue weighted by atomic mass is 9.78. The van der Waals surface area contributed by atoms with E-state index in [-0.39, 0.29) is 0 Å². The maximum atomic E-state index is 4.51. The summed E-state index contributed by atoms with van der Waals surface area (Å²) < 4.78 is 2.92. The Bertz CT molecular complexity index is 456. The Hall–Kier alpha value is -0.480. The average molecular weight is 308 g/mol. The van der Waals surface area contributed by atoms with E-state index in [2.05, 4.69) is 52.3 Å². The van der Waals surface area contributed by atoms with Gasteiger partial charge < -0.3 is 9.88 Å². The number of thioether (sulfide) groups is 1. The van der Waals surface area contributed by atoms with Crippen molar-refractivity contribution in [2.75, 3.05) is 19.3 Å². The van der Waals surface area contributed by atoms with Gasteiger partial charge in [0.2, 0.25) is 0 Å². The summed E-state index contributed by atoms with van der Waals surface area (Å²) in [7, 11) is 0. The molecule has 1 saturated carbocycles. The van der Waals surface area contributed by atoms with Crippen LogP contribution in [0, 0.1) is 0 Å². The third-order valence-electron chi connectivity index (χ3n) is 5.69. The second-order valence-corrected chi connectivity index (χ2v) is 8.44. The first-order valence-electron chi connectivity index (χ1n) is 8.44. The van der Waals surface area contributed by atoms with E-state index in [9.17, 15) is 0 Å². The van der Waals surface area contributed by atoms with Gasteiger partial charge in [0.1, 0.15) is 0 Å². The lowest BCUT2D eigenvalue weighted by molar-refractivity contribution is 0.300. The molecule has 1 aliphatic carbocycles. The Morgan fingerprint density at radius 1 is 1.19 bits per heavy atom. The first-order valence-corrected chi connectivity index (χ1v) is 9.67. The van der Waals surface area contributed by atoms with Crippen molar-refractivity contribution in [3.05, 3.63) is 18.2 Å². The molecule has 3 rings (SSSR count). The van der Waals surface area contributed by atoms with Gasteiger partial charge in [0.05, 0.1) is 6.33 Å². The van der Waals surface area contributed by atoms with E-state index in [1.165, 1.54) is 50.6 Å². The quantitative estimate of drug-likeness (QED) is 0.922. The van der Waals surface area contributed by atoms with Gasteiger partial charge in [-0.1, -0.05) is 26.2 Å². The molecule has 0 spiro atoms. The van der Waals surface area contributed by atoms with Crippen LogP contribution in [-0.2, 0) is 12.0 Å². The van der Waals surface area contributed by atoms with Gasteiger partial charge in [0.15, 0.2) is 0 Å². The van der Waals surface area contributed by atoms with E-state index in [1.54, 1.807) is 0 Å². The van der Waals surface area contributed by atoms with Crippen molar-refractivity contribution in [1.29, 1.82) is 0 Å². The van der Waals surface area contributed by atoms with Gasteiger partial charge in [0.25, 0.3) is 0 Å². The van der Waals surface area contributed by atoms with Gasteiger partial charge in [0, 0.05) is 28.6 Å². The summed E-state index contributed by atoms with van der Waals surface area (Å²) in [4.78, 5) is 4.51. The molecule has 2 aliphatic rings. The molecule has 1 aromatic rings. The number of hydrogen-bond donors (Lipinski definition) is 1. The van der Waals surface area contributed by atoms with Crippen LogP contribution in [0.1, 0.15) is 57.6 Å². The minimum absolute atomic E-state index is 0.302. The van der Waals surface area contributed by atoms with Crippen LogP contribution < -0.4 is 5.32 Å². The Balaban J connectivity index is 1.81. The van der Waals surface area contributed by atoms with Gasteiger partial charge in [-0.2, -0.15) is 11.8 Å². The largest absolute Gasteiger partial charge is 0.333 e. The molecule has 0 unspecified atom stereocenters. The molecule has 0 radical (unpaired) electrons. The van der Waals surface area contributed by atoms with Crippen LogP contribution >= 0.6 is 11.8 Å². The second-order valence-electron chi connectivity index (χ2n) is 7.17. The van der Waals surface area contributed by atoms with Crippen LogP contribution in [0.15, 0.2) is 12.5 Å². The van der Waals surface area contributed by atoms with Crippen molar-refractivity contribution in [2.45, 2.75) is 68.6 Å². The minimum atomic E-state index is 0.302. The normalized spacial score (nSPS) is 24.9. The van der Waals surface area contributed by atoms with Crippen LogP contribution in [0.3, 0.4) is 0 Å². The third-order valence-corrected chi connectivity index (χ3v) is 7.10. The molecule has 1 aliphatic heterocycles. The summed E-state index contributed by atoms with van der Waals surface area (Å²) in [5.41, 5.74) is 1.76. The smallest absolute Gasteiger partial charge is 0.0948 e. The van der Waals surface area contributed by atoms with E-state index < -0.39 is 0 Å². The SMILES string of the molecule is CSC1(Cn2cncc2C2(C)CCNCC2)CCCCC1. The van der Waals surface area contributed by atoms with E-state index in [4.69, 9.17) is 0 Å². The molecule has 2 heterocycles. The maximum absolute atomic E-state index is 4.51. The topological polar surface area (TPSA) is 29.9 Å². The summed E-state index contributed by atoms with van der Waals surface area (Å²) >= 11 is 2.08. The molecule has 4 heteroatoms. The molecule has 0 aromatic carbocycles. The lowest BCUT2D eigenvalue weighted by Crippen LogP contribution is -2.40. The van der Waals surface area contributed by atoms with Crippen molar-refractivity contribution in [3.8, 4) is 0 Å². The first kappa shape index (κ1) is 15.4. The molecule has 118 valence electrons. The highest BCUT2D eigenvalue weighted by Crippen LogP contribution is 2.41. The summed E-state index contributed by atoms with van der Waals surface area (Å²) in [6.07, 6.45) is 15.9.